The Balaban J connectivity index is 3.92. The molecule has 0 N–H and O–H groups in total. The number of esters is 1. The van der Waals surface area contributed by atoms with Crippen molar-refractivity contribution in [3.63, 3.8) is 0 Å². The van der Waals surface area contributed by atoms with Gasteiger partial charge in [-0.2, -0.15) is 0 Å². The van der Waals surface area contributed by atoms with E-state index in [0.717, 1.165) is 5.57 Å². The Morgan fingerprint density at radius 3 is 2.43 bits per heavy atom. The van der Waals surface area contributed by atoms with Crippen LogP contribution in [-0.2, 0) is 9.53 Å². The van der Waals surface area contributed by atoms with Crippen LogP contribution < -0.4 is 0 Å². The van der Waals surface area contributed by atoms with Crippen LogP contribution in [-0.4, -0.2) is 12.6 Å². The molecule has 0 fully saturated rings. The summed E-state index contributed by atoms with van der Waals surface area (Å²) in [4.78, 5) is 10.6. The highest BCUT2D eigenvalue weighted by Gasteiger charge is 2.10. The summed E-state index contributed by atoms with van der Waals surface area (Å²) in [6, 6.07) is 0. The number of carbonyl (C=O) groups excluding carboxylic acids is 1. The van der Waals surface area contributed by atoms with Crippen molar-refractivity contribution in [2.75, 3.05) is 6.61 Å². The van der Waals surface area contributed by atoms with Crippen molar-refractivity contribution in [3.8, 4) is 0 Å². The highest BCUT2D eigenvalue weighted by Crippen LogP contribution is 2.13. The van der Waals surface area contributed by atoms with E-state index in [4.69, 9.17) is 4.74 Å². The molecule has 80 valence electrons. The molecular weight excluding hydrogens is 176 g/mol. The first-order chi connectivity index (χ1) is 6.43. The molecule has 14 heavy (non-hydrogen) atoms. The number of carbonyl (C=O) groups is 1. The van der Waals surface area contributed by atoms with Crippen LogP contribution in [0.1, 0.15) is 27.7 Å². The number of hydrogen-bond acceptors (Lipinski definition) is 2. The monoisotopic (exact) mass is 196 g/mol. The quantitative estimate of drug-likeness (QED) is 0.499. The van der Waals surface area contributed by atoms with E-state index in [-0.39, 0.29) is 5.97 Å². The van der Waals surface area contributed by atoms with Crippen LogP contribution in [0.15, 0.2) is 24.3 Å². The van der Waals surface area contributed by atoms with E-state index >= 15 is 0 Å². The van der Waals surface area contributed by atoms with Gasteiger partial charge < -0.3 is 4.74 Å². The molecule has 0 spiro atoms. The Hall–Kier alpha value is -1.05. The van der Waals surface area contributed by atoms with Crippen molar-refractivity contribution >= 4 is 5.97 Å². The molecule has 2 atom stereocenters. The van der Waals surface area contributed by atoms with Crippen LogP contribution in [0.2, 0.25) is 0 Å². The van der Waals surface area contributed by atoms with Crippen LogP contribution >= 0.6 is 0 Å². The van der Waals surface area contributed by atoms with Crippen molar-refractivity contribution in [3.05, 3.63) is 24.3 Å². The van der Waals surface area contributed by atoms with Crippen LogP contribution in [0.5, 0.6) is 0 Å². The molecule has 0 saturated carbocycles. The third-order valence-corrected chi connectivity index (χ3v) is 2.13. The van der Waals surface area contributed by atoms with E-state index in [0.29, 0.717) is 18.4 Å². The second-order valence-electron chi connectivity index (χ2n) is 3.84. The minimum absolute atomic E-state index is 0.215. The van der Waals surface area contributed by atoms with Gasteiger partial charge in [0.05, 0.1) is 6.61 Å². The lowest BCUT2D eigenvalue weighted by Gasteiger charge is -2.15. The van der Waals surface area contributed by atoms with Gasteiger partial charge in [0.25, 0.3) is 0 Å². The fraction of sp³-hybridized carbons (Fsp3) is 0.583. The van der Waals surface area contributed by atoms with Crippen molar-refractivity contribution in [1.29, 1.82) is 0 Å². The van der Waals surface area contributed by atoms with E-state index in [9.17, 15) is 4.79 Å². The molecule has 0 saturated heterocycles. The maximum Gasteiger partial charge on any atom is 0.302 e. The Bertz CT molecular complexity index is 228. The molecule has 0 radical (unpaired) electrons. The van der Waals surface area contributed by atoms with Gasteiger partial charge in [0, 0.05) is 6.92 Å². The molecule has 0 bridgehead atoms. The smallest absolute Gasteiger partial charge is 0.302 e. The summed E-state index contributed by atoms with van der Waals surface area (Å²) in [5.41, 5.74) is 1.04. The zero-order valence-corrected chi connectivity index (χ0v) is 9.54. The Kier molecular flexibility index (Phi) is 5.93. The molecular formula is C12H20O2. The molecule has 0 unspecified atom stereocenters. The molecule has 0 aliphatic rings. The predicted octanol–water partition coefficient (Wildman–Crippen LogP) is 2.95. The minimum Gasteiger partial charge on any atom is -0.466 e. The van der Waals surface area contributed by atoms with Gasteiger partial charge in [0.15, 0.2) is 0 Å². The normalized spacial score (nSPS) is 15.1. The molecule has 0 aromatic rings. The van der Waals surface area contributed by atoms with Crippen molar-refractivity contribution < 1.29 is 9.53 Å². The SMILES string of the molecule is C=C(C)/C=C\[C@H](C)[C@H](C)COC(C)=O. The van der Waals surface area contributed by atoms with Crippen LogP contribution in [0.4, 0.5) is 0 Å². The lowest BCUT2D eigenvalue weighted by molar-refractivity contribution is -0.142. The molecule has 0 rings (SSSR count). The third-order valence-electron chi connectivity index (χ3n) is 2.13. The lowest BCUT2D eigenvalue weighted by Crippen LogP contribution is -2.15. The second-order valence-corrected chi connectivity index (χ2v) is 3.84. The van der Waals surface area contributed by atoms with Crippen molar-refractivity contribution in [2.45, 2.75) is 27.7 Å². The van der Waals surface area contributed by atoms with Crippen LogP contribution in [0, 0.1) is 11.8 Å². The fourth-order valence-electron chi connectivity index (χ4n) is 0.906. The summed E-state index contributed by atoms with van der Waals surface area (Å²) in [5.74, 6) is 0.522. The summed E-state index contributed by atoms with van der Waals surface area (Å²) < 4.78 is 4.94. The molecule has 0 amide bonds. The third kappa shape index (κ3) is 6.46. The molecule has 0 aliphatic carbocycles. The summed E-state index contributed by atoms with van der Waals surface area (Å²) in [6.07, 6.45) is 4.09. The van der Waals surface area contributed by atoms with Gasteiger partial charge >= 0.3 is 5.97 Å². The van der Waals surface area contributed by atoms with E-state index in [1.807, 2.05) is 13.0 Å². The van der Waals surface area contributed by atoms with Gasteiger partial charge in [-0.15, -0.1) is 0 Å². The van der Waals surface area contributed by atoms with E-state index < -0.39 is 0 Å². The van der Waals surface area contributed by atoms with Crippen molar-refractivity contribution in [2.24, 2.45) is 11.8 Å². The summed E-state index contributed by atoms with van der Waals surface area (Å²) >= 11 is 0. The molecule has 0 aliphatic heterocycles. The first kappa shape index (κ1) is 12.9. The molecule has 0 aromatic carbocycles. The summed E-state index contributed by atoms with van der Waals surface area (Å²) in [6.45, 7) is 11.8. The maximum atomic E-state index is 10.6. The standard InChI is InChI=1S/C12H20O2/c1-9(2)6-7-10(3)11(4)8-14-12(5)13/h6-7,10-11H,1,8H2,2-5H3/b7-6-/t10-,11+/m0/s1. The Morgan fingerprint density at radius 1 is 1.43 bits per heavy atom. The second kappa shape index (κ2) is 6.41. The number of allylic oxidation sites excluding steroid dienone is 3. The Morgan fingerprint density at radius 2 is 2.00 bits per heavy atom. The van der Waals surface area contributed by atoms with Gasteiger partial charge in [-0.3, -0.25) is 4.79 Å². The topological polar surface area (TPSA) is 26.3 Å². The minimum atomic E-state index is -0.215. The van der Waals surface area contributed by atoms with E-state index in [1.165, 1.54) is 6.92 Å². The fourth-order valence-corrected chi connectivity index (χ4v) is 0.906. The summed E-state index contributed by atoms with van der Waals surface area (Å²) in [5, 5.41) is 0. The first-order valence-electron chi connectivity index (χ1n) is 4.90. The van der Waals surface area contributed by atoms with Crippen molar-refractivity contribution in [1.82, 2.24) is 0 Å². The zero-order valence-electron chi connectivity index (χ0n) is 9.54. The molecule has 0 aromatic heterocycles. The Labute approximate surface area is 86.6 Å². The van der Waals surface area contributed by atoms with Gasteiger partial charge in [-0.05, 0) is 18.8 Å². The van der Waals surface area contributed by atoms with Gasteiger partial charge in [0.2, 0.25) is 0 Å². The highest BCUT2D eigenvalue weighted by atomic mass is 16.5. The number of rotatable bonds is 5. The van der Waals surface area contributed by atoms with Crippen LogP contribution in [0.25, 0.3) is 0 Å². The maximum absolute atomic E-state index is 10.6. The average molecular weight is 196 g/mol. The van der Waals surface area contributed by atoms with E-state index in [2.05, 4.69) is 26.5 Å². The summed E-state index contributed by atoms with van der Waals surface area (Å²) in [7, 11) is 0. The van der Waals surface area contributed by atoms with Gasteiger partial charge in [-0.1, -0.05) is 38.2 Å². The molecule has 2 nitrogen and oxygen atoms in total. The number of ether oxygens (including phenoxy) is 1. The van der Waals surface area contributed by atoms with Gasteiger partial charge in [-0.25, -0.2) is 0 Å². The lowest BCUT2D eigenvalue weighted by atomic mass is 9.96. The molecule has 2 heteroatoms. The largest absolute Gasteiger partial charge is 0.466 e. The van der Waals surface area contributed by atoms with E-state index in [1.54, 1.807) is 0 Å². The first-order valence-corrected chi connectivity index (χ1v) is 4.90. The number of hydrogen-bond donors (Lipinski definition) is 0. The molecule has 0 heterocycles. The van der Waals surface area contributed by atoms with Crippen LogP contribution in [0.3, 0.4) is 0 Å². The average Bonchev–Trinajstić information content (AvgIpc) is 2.09. The predicted molar refractivity (Wildman–Crippen MR) is 58.9 cm³/mol. The van der Waals surface area contributed by atoms with Gasteiger partial charge in [0.1, 0.15) is 0 Å². The highest BCUT2D eigenvalue weighted by molar-refractivity contribution is 5.65. The zero-order chi connectivity index (χ0) is 11.1.